The van der Waals surface area contributed by atoms with Crippen molar-refractivity contribution in [3.8, 4) is 11.8 Å². The van der Waals surface area contributed by atoms with Crippen LogP contribution < -0.4 is 9.47 Å². The number of hydrogen-bond acceptors (Lipinski definition) is 5. The molecule has 0 aromatic carbocycles. The minimum Gasteiger partial charge on any atom is -0.494 e. The van der Waals surface area contributed by atoms with Crippen molar-refractivity contribution < 1.29 is 14.3 Å². The Morgan fingerprint density at radius 3 is 2.50 bits per heavy atom. The molecule has 4 rings (SSSR count). The summed E-state index contributed by atoms with van der Waals surface area (Å²) in [5, 5.41) is 0. The number of ether oxygens (including phenoxy) is 2. The van der Waals surface area contributed by atoms with Crippen molar-refractivity contribution >= 4 is 5.91 Å². The molecule has 1 aliphatic heterocycles. The van der Waals surface area contributed by atoms with Gasteiger partial charge in [0.05, 0.1) is 19.5 Å². The summed E-state index contributed by atoms with van der Waals surface area (Å²) in [4.78, 5) is 23.0. The molecule has 1 saturated carbocycles. The van der Waals surface area contributed by atoms with Gasteiger partial charge < -0.3 is 14.4 Å². The molecule has 2 fully saturated rings. The minimum atomic E-state index is 0.0716. The van der Waals surface area contributed by atoms with Gasteiger partial charge in [-0.3, -0.25) is 4.79 Å². The van der Waals surface area contributed by atoms with Crippen LogP contribution in [0.2, 0.25) is 0 Å². The number of piperidine rings is 1. The molecule has 1 aromatic rings. The van der Waals surface area contributed by atoms with Gasteiger partial charge in [0.1, 0.15) is 6.10 Å². The number of carbonyl (C=O) groups excluding carboxylic acids is 1. The molecule has 2 aliphatic carbocycles. The summed E-state index contributed by atoms with van der Waals surface area (Å²) in [6, 6.07) is 0.374. The first-order chi connectivity index (χ1) is 11.7. The molecule has 3 atom stereocenters. The summed E-state index contributed by atoms with van der Waals surface area (Å²) < 4.78 is 10.9. The van der Waals surface area contributed by atoms with Gasteiger partial charge >= 0.3 is 6.01 Å². The van der Waals surface area contributed by atoms with E-state index in [1.807, 2.05) is 4.90 Å². The van der Waals surface area contributed by atoms with Crippen LogP contribution in [0.25, 0.3) is 0 Å². The Balaban J connectivity index is 1.28. The highest BCUT2D eigenvalue weighted by atomic mass is 16.5. The van der Waals surface area contributed by atoms with Gasteiger partial charge in [-0.2, -0.15) is 9.97 Å². The molecule has 128 valence electrons. The van der Waals surface area contributed by atoms with E-state index >= 15 is 0 Å². The molecular weight excluding hydrogens is 306 g/mol. The highest BCUT2D eigenvalue weighted by molar-refractivity contribution is 5.80. The largest absolute Gasteiger partial charge is 0.494 e. The van der Waals surface area contributed by atoms with E-state index in [4.69, 9.17) is 9.47 Å². The Bertz CT molecular complexity index is 623. The van der Waals surface area contributed by atoms with E-state index in [1.54, 1.807) is 19.5 Å². The van der Waals surface area contributed by atoms with Crippen molar-refractivity contribution in [1.82, 2.24) is 14.9 Å². The van der Waals surface area contributed by atoms with Crippen LogP contribution in [0.15, 0.2) is 24.5 Å². The van der Waals surface area contributed by atoms with Crippen LogP contribution in [0.5, 0.6) is 11.8 Å². The fraction of sp³-hybridized carbons (Fsp3) is 0.611. The van der Waals surface area contributed by atoms with E-state index in [-0.39, 0.29) is 12.0 Å². The Hall–Kier alpha value is -2.11. The molecule has 0 spiro atoms. The number of fused-ring (bicyclic) bond motifs is 2. The zero-order valence-electron chi connectivity index (χ0n) is 13.9. The third kappa shape index (κ3) is 2.97. The number of aromatic nitrogens is 2. The molecule has 2 bridgehead atoms. The Labute approximate surface area is 141 Å². The van der Waals surface area contributed by atoms with Gasteiger partial charge in [0.15, 0.2) is 5.75 Å². The van der Waals surface area contributed by atoms with E-state index in [1.165, 1.54) is 6.42 Å². The SMILES string of the molecule is COc1cnc(OC2CCN(C(=O)C3CC4C=CC3C4)CC2)nc1. The summed E-state index contributed by atoms with van der Waals surface area (Å²) in [6.45, 7) is 1.52. The molecular formula is C18H23N3O3. The van der Waals surface area contributed by atoms with Crippen LogP contribution in [0.3, 0.4) is 0 Å². The van der Waals surface area contributed by atoms with Gasteiger partial charge in [0.25, 0.3) is 0 Å². The van der Waals surface area contributed by atoms with Crippen molar-refractivity contribution in [3.63, 3.8) is 0 Å². The average molecular weight is 329 g/mol. The summed E-state index contributed by atoms with van der Waals surface area (Å²) >= 11 is 0. The summed E-state index contributed by atoms with van der Waals surface area (Å²) in [5.41, 5.74) is 0. The monoisotopic (exact) mass is 329 g/mol. The fourth-order valence-electron chi connectivity index (χ4n) is 4.11. The second-order valence-electron chi connectivity index (χ2n) is 6.93. The third-order valence-electron chi connectivity index (χ3n) is 5.46. The summed E-state index contributed by atoms with van der Waals surface area (Å²) in [7, 11) is 1.58. The molecule has 6 heteroatoms. The molecule has 0 N–H and O–H groups in total. The quantitative estimate of drug-likeness (QED) is 0.791. The smallest absolute Gasteiger partial charge is 0.316 e. The summed E-state index contributed by atoms with van der Waals surface area (Å²) in [5.74, 6) is 2.28. The first kappa shape index (κ1) is 15.4. The maximum atomic E-state index is 12.7. The van der Waals surface area contributed by atoms with Crippen molar-refractivity contribution in [1.29, 1.82) is 0 Å². The van der Waals surface area contributed by atoms with Gasteiger partial charge in [-0.05, 0) is 24.7 Å². The second kappa shape index (κ2) is 6.42. The molecule has 2 heterocycles. The number of methoxy groups -OCH3 is 1. The van der Waals surface area contributed by atoms with Crippen LogP contribution in [0.1, 0.15) is 25.7 Å². The minimum absolute atomic E-state index is 0.0716. The molecule has 6 nitrogen and oxygen atoms in total. The van der Waals surface area contributed by atoms with Gasteiger partial charge in [-0.15, -0.1) is 0 Å². The standard InChI is InChI=1S/C18H23N3O3/c1-23-15-10-19-18(20-11-15)24-14-4-6-21(7-5-14)17(22)16-9-12-2-3-13(16)8-12/h2-3,10-14,16H,4-9H2,1H3. The average Bonchev–Trinajstić information content (AvgIpc) is 3.26. The number of likely N-dealkylation sites (tertiary alicyclic amines) is 1. The lowest BCUT2D eigenvalue weighted by molar-refractivity contribution is -0.138. The highest BCUT2D eigenvalue weighted by Gasteiger charge is 2.42. The van der Waals surface area contributed by atoms with E-state index in [0.29, 0.717) is 29.5 Å². The second-order valence-corrected chi connectivity index (χ2v) is 6.93. The number of nitrogens with zero attached hydrogens (tertiary/aromatic N) is 3. The van der Waals surface area contributed by atoms with Gasteiger partial charge in [0.2, 0.25) is 5.91 Å². The Morgan fingerprint density at radius 2 is 1.92 bits per heavy atom. The third-order valence-corrected chi connectivity index (χ3v) is 5.46. The number of hydrogen-bond donors (Lipinski definition) is 0. The van der Waals surface area contributed by atoms with E-state index in [2.05, 4.69) is 22.1 Å². The molecule has 3 aliphatic rings. The maximum Gasteiger partial charge on any atom is 0.316 e. The van der Waals surface area contributed by atoms with Crippen molar-refractivity contribution in [2.45, 2.75) is 31.8 Å². The van der Waals surface area contributed by atoms with E-state index < -0.39 is 0 Å². The topological polar surface area (TPSA) is 64.6 Å². The lowest BCUT2D eigenvalue weighted by atomic mass is 9.91. The molecule has 0 radical (unpaired) electrons. The van der Waals surface area contributed by atoms with Gasteiger partial charge in [-0.1, -0.05) is 12.2 Å². The fourth-order valence-corrected chi connectivity index (χ4v) is 4.11. The lowest BCUT2D eigenvalue weighted by Crippen LogP contribution is -2.45. The molecule has 1 saturated heterocycles. The maximum absolute atomic E-state index is 12.7. The normalized spacial score (nSPS) is 29.0. The Morgan fingerprint density at radius 1 is 1.17 bits per heavy atom. The predicted octanol–water partition coefficient (Wildman–Crippen LogP) is 2.07. The zero-order chi connectivity index (χ0) is 16.5. The zero-order valence-corrected chi connectivity index (χ0v) is 13.9. The van der Waals surface area contributed by atoms with Crippen molar-refractivity contribution in [2.24, 2.45) is 17.8 Å². The van der Waals surface area contributed by atoms with Crippen LogP contribution in [-0.4, -0.2) is 47.1 Å². The van der Waals surface area contributed by atoms with Crippen LogP contribution >= 0.6 is 0 Å². The summed E-state index contributed by atoms with van der Waals surface area (Å²) in [6.07, 6.45) is 11.7. The van der Waals surface area contributed by atoms with E-state index in [9.17, 15) is 4.79 Å². The molecule has 24 heavy (non-hydrogen) atoms. The van der Waals surface area contributed by atoms with Crippen LogP contribution in [0, 0.1) is 17.8 Å². The van der Waals surface area contributed by atoms with Crippen LogP contribution in [-0.2, 0) is 4.79 Å². The molecule has 1 aromatic heterocycles. The number of carbonyl (C=O) groups is 1. The van der Waals surface area contributed by atoms with Gasteiger partial charge in [-0.25, -0.2) is 0 Å². The molecule has 3 unspecified atom stereocenters. The number of rotatable bonds is 4. The van der Waals surface area contributed by atoms with Crippen molar-refractivity contribution in [2.75, 3.05) is 20.2 Å². The molecule has 1 amide bonds. The number of amides is 1. The Kier molecular flexibility index (Phi) is 4.12. The number of allylic oxidation sites excluding steroid dienone is 2. The highest BCUT2D eigenvalue weighted by Crippen LogP contribution is 2.44. The predicted molar refractivity (Wildman–Crippen MR) is 87.7 cm³/mol. The first-order valence-corrected chi connectivity index (χ1v) is 8.72. The van der Waals surface area contributed by atoms with Crippen LogP contribution in [0.4, 0.5) is 0 Å². The lowest BCUT2D eigenvalue weighted by Gasteiger charge is -2.34. The van der Waals surface area contributed by atoms with E-state index in [0.717, 1.165) is 32.4 Å². The first-order valence-electron chi connectivity index (χ1n) is 8.72. The van der Waals surface area contributed by atoms with Gasteiger partial charge in [0, 0.05) is 31.8 Å². The van der Waals surface area contributed by atoms with Crippen molar-refractivity contribution in [3.05, 3.63) is 24.5 Å².